The number of carbonyl (C=O) groups is 2. The van der Waals surface area contributed by atoms with Crippen molar-refractivity contribution in [3.63, 3.8) is 0 Å². The average molecular weight is 304 g/mol. The zero-order chi connectivity index (χ0) is 16.1. The molecule has 1 aromatic carbocycles. The first-order valence-corrected chi connectivity index (χ1v) is 7.79. The number of carboxylic acid groups (broad SMARTS) is 1. The van der Waals surface area contributed by atoms with E-state index in [9.17, 15) is 9.59 Å². The summed E-state index contributed by atoms with van der Waals surface area (Å²) in [7, 11) is 0. The number of carbonyl (C=O) groups excluding carboxylic acids is 1. The summed E-state index contributed by atoms with van der Waals surface area (Å²) in [5, 5.41) is 8.84. The van der Waals surface area contributed by atoms with Gasteiger partial charge in [0, 0.05) is 25.3 Å². The number of nitrogens with zero attached hydrogens (tertiary/aromatic N) is 2. The highest BCUT2D eigenvalue weighted by molar-refractivity contribution is 5.83. The molecular formula is C17H24N2O3. The molecule has 0 aliphatic carbocycles. The van der Waals surface area contributed by atoms with Crippen LogP contribution >= 0.6 is 0 Å². The standard InChI is InChI=1S/C17H24N2O3/c1-13(2)11-19(10-8-17(21)22)16(20)12-18-9-7-14-5-3-4-6-15(14)18/h3-6,13H,7-12H2,1-2H3,(H,21,22). The monoisotopic (exact) mass is 304 g/mol. The van der Waals surface area contributed by atoms with Crippen LogP contribution in [0.4, 0.5) is 5.69 Å². The Morgan fingerprint density at radius 2 is 2.05 bits per heavy atom. The number of aliphatic carboxylic acids is 1. The van der Waals surface area contributed by atoms with Crippen molar-refractivity contribution in [3.8, 4) is 0 Å². The van der Waals surface area contributed by atoms with Crippen molar-refractivity contribution in [3.05, 3.63) is 29.8 Å². The second-order valence-electron chi connectivity index (χ2n) is 6.18. The molecule has 1 amide bonds. The number of amides is 1. The molecule has 0 saturated heterocycles. The zero-order valence-electron chi connectivity index (χ0n) is 13.3. The highest BCUT2D eigenvalue weighted by Crippen LogP contribution is 2.27. The molecule has 0 bridgehead atoms. The van der Waals surface area contributed by atoms with E-state index in [1.807, 2.05) is 32.0 Å². The molecule has 0 atom stereocenters. The van der Waals surface area contributed by atoms with Crippen LogP contribution in [0.3, 0.4) is 0 Å². The van der Waals surface area contributed by atoms with E-state index in [0.717, 1.165) is 18.7 Å². The molecule has 0 saturated carbocycles. The molecule has 0 unspecified atom stereocenters. The van der Waals surface area contributed by atoms with Gasteiger partial charge in [-0.2, -0.15) is 0 Å². The van der Waals surface area contributed by atoms with Crippen molar-refractivity contribution >= 4 is 17.6 Å². The molecule has 5 nitrogen and oxygen atoms in total. The fourth-order valence-corrected chi connectivity index (χ4v) is 2.82. The second kappa shape index (κ2) is 7.29. The van der Waals surface area contributed by atoms with Crippen molar-refractivity contribution in [1.82, 2.24) is 4.90 Å². The van der Waals surface area contributed by atoms with Crippen LogP contribution in [0.1, 0.15) is 25.8 Å². The van der Waals surface area contributed by atoms with E-state index in [4.69, 9.17) is 5.11 Å². The van der Waals surface area contributed by atoms with Gasteiger partial charge < -0.3 is 14.9 Å². The third-order valence-corrected chi connectivity index (χ3v) is 3.84. The lowest BCUT2D eigenvalue weighted by atomic mass is 10.2. The van der Waals surface area contributed by atoms with Gasteiger partial charge in [-0.05, 0) is 24.0 Å². The molecule has 1 N–H and O–H groups in total. The van der Waals surface area contributed by atoms with Crippen molar-refractivity contribution in [2.24, 2.45) is 5.92 Å². The maximum atomic E-state index is 12.5. The van der Waals surface area contributed by atoms with E-state index in [1.54, 1.807) is 4.90 Å². The molecule has 0 spiro atoms. The van der Waals surface area contributed by atoms with Gasteiger partial charge in [0.1, 0.15) is 0 Å². The van der Waals surface area contributed by atoms with E-state index >= 15 is 0 Å². The number of rotatable bonds is 7. The number of carboxylic acids is 1. The lowest BCUT2D eigenvalue weighted by molar-refractivity contribution is -0.138. The number of benzene rings is 1. The van der Waals surface area contributed by atoms with Crippen LogP contribution in [0.5, 0.6) is 0 Å². The normalized spacial score (nSPS) is 13.3. The van der Waals surface area contributed by atoms with Gasteiger partial charge >= 0.3 is 5.97 Å². The molecule has 120 valence electrons. The lowest BCUT2D eigenvalue weighted by Crippen LogP contribution is -2.42. The van der Waals surface area contributed by atoms with Crippen molar-refractivity contribution in [1.29, 1.82) is 0 Å². The Hall–Kier alpha value is -2.04. The van der Waals surface area contributed by atoms with Gasteiger partial charge in [-0.1, -0.05) is 32.0 Å². The summed E-state index contributed by atoms with van der Waals surface area (Å²) in [6, 6.07) is 8.13. The molecule has 0 radical (unpaired) electrons. The van der Waals surface area contributed by atoms with Crippen molar-refractivity contribution in [2.45, 2.75) is 26.7 Å². The first-order chi connectivity index (χ1) is 10.5. The second-order valence-corrected chi connectivity index (χ2v) is 6.18. The number of para-hydroxylation sites is 1. The molecule has 5 heteroatoms. The Bertz CT molecular complexity index is 542. The number of anilines is 1. The predicted octanol–water partition coefficient (Wildman–Crippen LogP) is 2.01. The number of fused-ring (bicyclic) bond motifs is 1. The van der Waals surface area contributed by atoms with Crippen LogP contribution in [0.2, 0.25) is 0 Å². The van der Waals surface area contributed by atoms with E-state index in [0.29, 0.717) is 19.0 Å². The quantitative estimate of drug-likeness (QED) is 0.837. The van der Waals surface area contributed by atoms with Gasteiger partial charge in [-0.3, -0.25) is 9.59 Å². The van der Waals surface area contributed by atoms with Gasteiger partial charge in [0.2, 0.25) is 5.91 Å². The molecular weight excluding hydrogens is 280 g/mol. The maximum absolute atomic E-state index is 12.5. The van der Waals surface area contributed by atoms with Gasteiger partial charge in [0.25, 0.3) is 0 Å². The first-order valence-electron chi connectivity index (χ1n) is 7.79. The molecule has 0 fully saturated rings. The third-order valence-electron chi connectivity index (χ3n) is 3.84. The van der Waals surface area contributed by atoms with Crippen LogP contribution < -0.4 is 4.90 Å². The summed E-state index contributed by atoms with van der Waals surface area (Å²) in [5.41, 5.74) is 2.40. The highest BCUT2D eigenvalue weighted by Gasteiger charge is 2.23. The Labute approximate surface area is 131 Å². The summed E-state index contributed by atoms with van der Waals surface area (Å²) in [5.74, 6) is -0.539. The van der Waals surface area contributed by atoms with Crippen LogP contribution in [0.15, 0.2) is 24.3 Å². The van der Waals surface area contributed by atoms with Gasteiger partial charge in [-0.25, -0.2) is 0 Å². The summed E-state index contributed by atoms with van der Waals surface area (Å²) in [4.78, 5) is 27.1. The van der Waals surface area contributed by atoms with Crippen LogP contribution in [0, 0.1) is 5.92 Å². The zero-order valence-corrected chi connectivity index (χ0v) is 13.3. The molecule has 2 rings (SSSR count). The summed E-state index contributed by atoms with van der Waals surface area (Å²) >= 11 is 0. The van der Waals surface area contributed by atoms with Gasteiger partial charge in [0.15, 0.2) is 0 Å². The van der Waals surface area contributed by atoms with Crippen LogP contribution in [-0.2, 0) is 16.0 Å². The maximum Gasteiger partial charge on any atom is 0.305 e. The van der Waals surface area contributed by atoms with Crippen molar-refractivity contribution in [2.75, 3.05) is 31.1 Å². The van der Waals surface area contributed by atoms with E-state index in [2.05, 4.69) is 11.0 Å². The summed E-state index contributed by atoms with van der Waals surface area (Å²) in [6.45, 7) is 6.12. The fourth-order valence-electron chi connectivity index (χ4n) is 2.82. The van der Waals surface area contributed by atoms with Crippen LogP contribution in [-0.4, -0.2) is 48.1 Å². The average Bonchev–Trinajstić information content (AvgIpc) is 2.86. The molecule has 1 aliphatic heterocycles. The molecule has 0 aromatic heterocycles. The first kappa shape index (κ1) is 16.3. The Balaban J connectivity index is 2.00. The Morgan fingerprint density at radius 1 is 1.32 bits per heavy atom. The Kier molecular flexibility index (Phi) is 5.41. The van der Waals surface area contributed by atoms with Gasteiger partial charge in [-0.15, -0.1) is 0 Å². The topological polar surface area (TPSA) is 60.9 Å². The predicted molar refractivity (Wildman–Crippen MR) is 86.0 cm³/mol. The SMILES string of the molecule is CC(C)CN(CCC(=O)O)C(=O)CN1CCc2ccccc21. The smallest absolute Gasteiger partial charge is 0.305 e. The molecule has 1 aromatic rings. The van der Waals surface area contributed by atoms with Crippen molar-refractivity contribution < 1.29 is 14.7 Å². The minimum atomic E-state index is -0.868. The Morgan fingerprint density at radius 3 is 2.73 bits per heavy atom. The molecule has 1 heterocycles. The van der Waals surface area contributed by atoms with E-state index in [-0.39, 0.29) is 18.9 Å². The highest BCUT2D eigenvalue weighted by atomic mass is 16.4. The van der Waals surface area contributed by atoms with E-state index in [1.165, 1.54) is 5.56 Å². The minimum Gasteiger partial charge on any atom is -0.481 e. The number of hydrogen-bond donors (Lipinski definition) is 1. The third kappa shape index (κ3) is 4.23. The molecule has 22 heavy (non-hydrogen) atoms. The lowest BCUT2D eigenvalue weighted by Gasteiger charge is -2.27. The largest absolute Gasteiger partial charge is 0.481 e. The van der Waals surface area contributed by atoms with E-state index < -0.39 is 5.97 Å². The number of hydrogen-bond acceptors (Lipinski definition) is 3. The minimum absolute atomic E-state index is 0.00491. The summed E-state index contributed by atoms with van der Waals surface area (Å²) < 4.78 is 0. The van der Waals surface area contributed by atoms with Gasteiger partial charge in [0.05, 0.1) is 13.0 Å². The molecule has 1 aliphatic rings. The summed E-state index contributed by atoms with van der Waals surface area (Å²) in [6.07, 6.45) is 0.956. The van der Waals surface area contributed by atoms with Crippen LogP contribution in [0.25, 0.3) is 0 Å². The fraction of sp³-hybridized carbons (Fsp3) is 0.529.